The summed E-state index contributed by atoms with van der Waals surface area (Å²) in [5.41, 5.74) is 6.50. The lowest BCUT2D eigenvalue weighted by atomic mass is 10.0. The number of rotatable bonds is 5. The first-order valence-corrected chi connectivity index (χ1v) is 12.4. The number of aryl methyl sites for hydroxylation is 1. The molecule has 0 aliphatic carbocycles. The fourth-order valence-corrected chi connectivity index (χ4v) is 5.46. The topological polar surface area (TPSA) is 44.7 Å². The molecule has 6 heteroatoms. The average molecular weight is 436 g/mol. The molecule has 6 nitrogen and oxygen atoms in total. The molecule has 172 valence electrons. The maximum atomic E-state index is 6.23. The van der Waals surface area contributed by atoms with Crippen LogP contribution in [-0.4, -0.2) is 60.7 Å². The largest absolute Gasteiger partial charge is 0.462 e. The van der Waals surface area contributed by atoms with Crippen molar-refractivity contribution in [2.45, 2.75) is 65.0 Å². The Hall–Kier alpha value is -2.34. The number of benzene rings is 1. The molecule has 3 aliphatic rings. The molecule has 0 bridgehead atoms. The molecule has 4 heterocycles. The Morgan fingerprint density at radius 3 is 2.59 bits per heavy atom. The molecule has 2 fully saturated rings. The minimum atomic E-state index is 0.472. The lowest BCUT2D eigenvalue weighted by molar-refractivity contribution is 0.187. The number of ether oxygens (including phenoxy) is 1. The van der Waals surface area contributed by atoms with Gasteiger partial charge in [-0.2, -0.15) is 9.97 Å². The van der Waals surface area contributed by atoms with Crippen LogP contribution in [-0.2, 0) is 13.0 Å². The zero-order valence-electron chi connectivity index (χ0n) is 19.9. The predicted octanol–water partition coefficient (Wildman–Crippen LogP) is 4.12. The van der Waals surface area contributed by atoms with Crippen LogP contribution in [0.5, 0.6) is 6.01 Å². The highest BCUT2D eigenvalue weighted by molar-refractivity contribution is 5.59. The molecule has 0 radical (unpaired) electrons. The van der Waals surface area contributed by atoms with Crippen LogP contribution < -0.4 is 14.5 Å². The smallest absolute Gasteiger partial charge is 0.318 e. The zero-order valence-corrected chi connectivity index (χ0v) is 19.9. The number of piperidine rings is 1. The van der Waals surface area contributed by atoms with E-state index in [0.717, 1.165) is 50.7 Å². The maximum Gasteiger partial charge on any atom is 0.318 e. The second-order valence-electron chi connectivity index (χ2n) is 9.78. The Morgan fingerprint density at radius 1 is 0.969 bits per heavy atom. The van der Waals surface area contributed by atoms with Crippen molar-refractivity contribution in [1.29, 1.82) is 0 Å². The monoisotopic (exact) mass is 435 g/mol. The maximum absolute atomic E-state index is 6.23. The van der Waals surface area contributed by atoms with E-state index < -0.39 is 0 Å². The minimum Gasteiger partial charge on any atom is -0.462 e. The van der Waals surface area contributed by atoms with Crippen molar-refractivity contribution >= 4 is 11.5 Å². The van der Waals surface area contributed by atoms with E-state index in [0.29, 0.717) is 18.7 Å². The van der Waals surface area contributed by atoms with Gasteiger partial charge in [0.15, 0.2) is 0 Å². The molecule has 5 rings (SSSR count). The summed E-state index contributed by atoms with van der Waals surface area (Å²) in [7, 11) is 2.19. The van der Waals surface area contributed by atoms with Gasteiger partial charge in [-0.1, -0.05) is 12.1 Å². The molecule has 1 aromatic heterocycles. The third-order valence-corrected chi connectivity index (χ3v) is 7.67. The Morgan fingerprint density at radius 2 is 1.81 bits per heavy atom. The number of likely N-dealkylation sites (N-methyl/N-ethyl adjacent to an activating group) is 1. The van der Waals surface area contributed by atoms with Crippen molar-refractivity contribution in [3.63, 3.8) is 0 Å². The molecular formula is C26H37N5O. The highest BCUT2D eigenvalue weighted by Crippen LogP contribution is 2.33. The van der Waals surface area contributed by atoms with E-state index in [1.54, 1.807) is 0 Å². The predicted molar refractivity (Wildman–Crippen MR) is 130 cm³/mol. The van der Waals surface area contributed by atoms with Gasteiger partial charge in [0.1, 0.15) is 12.4 Å². The zero-order chi connectivity index (χ0) is 22.1. The Kier molecular flexibility index (Phi) is 6.22. The van der Waals surface area contributed by atoms with Gasteiger partial charge in [-0.3, -0.25) is 0 Å². The van der Waals surface area contributed by atoms with Crippen molar-refractivity contribution in [1.82, 2.24) is 14.9 Å². The van der Waals surface area contributed by atoms with Gasteiger partial charge in [0, 0.05) is 36.9 Å². The van der Waals surface area contributed by atoms with E-state index in [-0.39, 0.29) is 0 Å². The van der Waals surface area contributed by atoms with Gasteiger partial charge >= 0.3 is 6.01 Å². The summed E-state index contributed by atoms with van der Waals surface area (Å²) in [5.74, 6) is 1.13. The molecular weight excluding hydrogens is 398 g/mol. The average Bonchev–Trinajstić information content (AvgIpc) is 3.23. The van der Waals surface area contributed by atoms with Crippen LogP contribution in [0.15, 0.2) is 18.2 Å². The van der Waals surface area contributed by atoms with Crippen LogP contribution in [0.2, 0.25) is 0 Å². The lowest BCUT2D eigenvalue weighted by Gasteiger charge is -2.35. The number of nitrogens with zero attached hydrogens (tertiary/aromatic N) is 5. The number of likely N-dealkylation sites (tertiary alicyclic amines) is 1. The third-order valence-electron chi connectivity index (χ3n) is 7.67. The van der Waals surface area contributed by atoms with Gasteiger partial charge in [-0.25, -0.2) is 0 Å². The highest BCUT2D eigenvalue weighted by atomic mass is 16.5. The summed E-state index contributed by atoms with van der Waals surface area (Å²) in [6.07, 6.45) is 7.24. The number of hydrogen-bond acceptors (Lipinski definition) is 6. The summed E-state index contributed by atoms with van der Waals surface area (Å²) >= 11 is 0. The van der Waals surface area contributed by atoms with E-state index in [1.165, 1.54) is 54.5 Å². The lowest BCUT2D eigenvalue weighted by Crippen LogP contribution is -2.36. The van der Waals surface area contributed by atoms with Crippen LogP contribution >= 0.6 is 0 Å². The Bertz CT molecular complexity index is 955. The summed E-state index contributed by atoms with van der Waals surface area (Å²) < 4.78 is 6.23. The van der Waals surface area contributed by atoms with Crippen molar-refractivity contribution in [3.05, 3.63) is 40.6 Å². The molecule has 0 amide bonds. The van der Waals surface area contributed by atoms with Crippen molar-refractivity contribution in [3.8, 4) is 6.01 Å². The van der Waals surface area contributed by atoms with E-state index in [9.17, 15) is 0 Å². The van der Waals surface area contributed by atoms with Gasteiger partial charge in [-0.05, 0) is 83.2 Å². The second-order valence-corrected chi connectivity index (χ2v) is 9.78. The fourth-order valence-electron chi connectivity index (χ4n) is 5.46. The number of anilines is 2. The van der Waals surface area contributed by atoms with Gasteiger partial charge in [-0.15, -0.1) is 0 Å². The van der Waals surface area contributed by atoms with E-state index in [1.807, 2.05) is 0 Å². The van der Waals surface area contributed by atoms with Crippen LogP contribution in [0.25, 0.3) is 0 Å². The first-order chi connectivity index (χ1) is 15.6. The summed E-state index contributed by atoms with van der Waals surface area (Å²) in [6, 6.07) is 7.64. The molecule has 2 aromatic rings. The molecule has 0 spiro atoms. The first kappa shape index (κ1) is 21.5. The van der Waals surface area contributed by atoms with Gasteiger partial charge in [0.2, 0.25) is 0 Å². The molecule has 0 saturated carbocycles. The van der Waals surface area contributed by atoms with Gasteiger partial charge < -0.3 is 19.4 Å². The SMILES string of the molecule is Cc1cccc(N2CCc3c(nc(OC[C@@H]4CCCN4C)nc3N3CCCCC3)C2)c1C. The quantitative estimate of drug-likeness (QED) is 0.704. The minimum absolute atomic E-state index is 0.472. The molecule has 1 aromatic carbocycles. The van der Waals surface area contributed by atoms with Crippen LogP contribution in [0.4, 0.5) is 11.5 Å². The summed E-state index contributed by atoms with van der Waals surface area (Å²) in [6.45, 7) is 10.3. The standard InChI is InChI=1S/C26H37N5O/c1-19-9-7-11-24(20(19)2)31-16-12-22-23(17-31)27-26(32-18-21-10-8-13-29(21)3)28-25(22)30-14-5-4-6-15-30/h7,9,11,21H,4-6,8,10,12-18H2,1-3H3/t21-/m0/s1. The van der Waals surface area contributed by atoms with Crippen LogP contribution in [0.1, 0.15) is 54.5 Å². The van der Waals surface area contributed by atoms with E-state index in [4.69, 9.17) is 14.7 Å². The fraction of sp³-hybridized carbons (Fsp3) is 0.615. The molecule has 0 N–H and O–H groups in total. The first-order valence-electron chi connectivity index (χ1n) is 12.4. The number of hydrogen-bond donors (Lipinski definition) is 0. The van der Waals surface area contributed by atoms with Gasteiger partial charge in [0.25, 0.3) is 0 Å². The number of aromatic nitrogens is 2. The van der Waals surface area contributed by atoms with Crippen molar-refractivity contribution in [2.24, 2.45) is 0 Å². The van der Waals surface area contributed by atoms with E-state index in [2.05, 4.69) is 53.8 Å². The van der Waals surface area contributed by atoms with Crippen LogP contribution in [0.3, 0.4) is 0 Å². The highest BCUT2D eigenvalue weighted by Gasteiger charge is 2.28. The van der Waals surface area contributed by atoms with Gasteiger partial charge in [0.05, 0.1) is 12.2 Å². The number of fused-ring (bicyclic) bond motifs is 1. The third kappa shape index (κ3) is 4.29. The molecule has 32 heavy (non-hydrogen) atoms. The second kappa shape index (κ2) is 9.26. The van der Waals surface area contributed by atoms with Crippen molar-refractivity contribution in [2.75, 3.05) is 49.6 Å². The molecule has 1 atom stereocenters. The normalized spacial score (nSPS) is 21.7. The Balaban J connectivity index is 1.44. The van der Waals surface area contributed by atoms with Crippen molar-refractivity contribution < 1.29 is 4.74 Å². The Labute approximate surface area is 192 Å². The molecule has 2 saturated heterocycles. The summed E-state index contributed by atoms with van der Waals surface area (Å²) in [4.78, 5) is 17.3. The van der Waals surface area contributed by atoms with Crippen LogP contribution in [0, 0.1) is 13.8 Å². The molecule has 3 aliphatic heterocycles. The summed E-state index contributed by atoms with van der Waals surface area (Å²) in [5, 5.41) is 0. The molecule has 0 unspecified atom stereocenters. The van der Waals surface area contributed by atoms with E-state index >= 15 is 0 Å².